The summed E-state index contributed by atoms with van der Waals surface area (Å²) < 4.78 is 2.15. The molecule has 1 aliphatic carbocycles. The molecule has 1 fully saturated rings. The number of hydrogen-bond acceptors (Lipinski definition) is 2. The van der Waals surface area contributed by atoms with Gasteiger partial charge in [0.2, 0.25) is 0 Å². The van der Waals surface area contributed by atoms with Crippen molar-refractivity contribution in [3.8, 4) is 0 Å². The highest BCUT2D eigenvalue weighted by molar-refractivity contribution is 5.38. The maximum absolute atomic E-state index is 5.88. The third kappa shape index (κ3) is 1.71. The van der Waals surface area contributed by atoms with Crippen LogP contribution in [0.3, 0.4) is 0 Å². The van der Waals surface area contributed by atoms with E-state index < -0.39 is 0 Å². The van der Waals surface area contributed by atoms with E-state index in [0.717, 1.165) is 6.54 Å². The molecule has 2 rings (SSSR count). The Morgan fingerprint density at radius 1 is 1.35 bits per heavy atom. The summed E-state index contributed by atoms with van der Waals surface area (Å²) in [7, 11) is 0. The van der Waals surface area contributed by atoms with Crippen molar-refractivity contribution in [2.45, 2.75) is 53.5 Å². The molecule has 3 heteroatoms. The van der Waals surface area contributed by atoms with Gasteiger partial charge in [0, 0.05) is 11.7 Å². The van der Waals surface area contributed by atoms with Crippen LogP contribution in [0.2, 0.25) is 0 Å². The molecule has 3 nitrogen and oxygen atoms in total. The van der Waals surface area contributed by atoms with Crippen LogP contribution >= 0.6 is 0 Å². The van der Waals surface area contributed by atoms with Gasteiger partial charge >= 0.3 is 0 Å². The van der Waals surface area contributed by atoms with Gasteiger partial charge in [0.1, 0.15) is 0 Å². The van der Waals surface area contributed by atoms with Gasteiger partial charge in [0.15, 0.2) is 0 Å². The molecule has 0 aliphatic heterocycles. The van der Waals surface area contributed by atoms with E-state index in [2.05, 4.69) is 51.3 Å². The maximum Gasteiger partial charge on any atom is 0.0631 e. The predicted molar refractivity (Wildman–Crippen MR) is 71.2 cm³/mol. The first-order chi connectivity index (χ1) is 7.82. The SMILES string of the molecule is Cc1nn(C(C)C)c(C)c1[C@H]1[C@H](CN)C1(C)C. The molecule has 0 radical (unpaired) electrons. The number of nitrogens with two attached hydrogens (primary N) is 1. The summed E-state index contributed by atoms with van der Waals surface area (Å²) in [6, 6.07) is 0.431. The fourth-order valence-electron chi connectivity index (χ4n) is 3.39. The molecule has 17 heavy (non-hydrogen) atoms. The summed E-state index contributed by atoms with van der Waals surface area (Å²) in [5, 5.41) is 4.68. The lowest BCUT2D eigenvalue weighted by Crippen LogP contribution is -2.06. The Balaban J connectivity index is 2.42. The van der Waals surface area contributed by atoms with Crippen LogP contribution in [0, 0.1) is 25.2 Å². The van der Waals surface area contributed by atoms with E-state index in [9.17, 15) is 0 Å². The average Bonchev–Trinajstić information content (AvgIpc) is 2.62. The van der Waals surface area contributed by atoms with Crippen LogP contribution in [-0.4, -0.2) is 16.3 Å². The molecule has 0 spiro atoms. The van der Waals surface area contributed by atoms with Gasteiger partial charge in [-0.15, -0.1) is 0 Å². The molecule has 0 aromatic carbocycles. The summed E-state index contributed by atoms with van der Waals surface area (Å²) in [4.78, 5) is 0. The average molecular weight is 235 g/mol. The predicted octanol–water partition coefficient (Wildman–Crippen LogP) is 2.78. The van der Waals surface area contributed by atoms with Crippen molar-refractivity contribution in [2.24, 2.45) is 17.1 Å². The van der Waals surface area contributed by atoms with E-state index >= 15 is 0 Å². The zero-order valence-corrected chi connectivity index (χ0v) is 11.9. The van der Waals surface area contributed by atoms with Crippen molar-refractivity contribution >= 4 is 0 Å². The molecule has 1 heterocycles. The molecule has 0 unspecified atom stereocenters. The van der Waals surface area contributed by atoms with Crippen LogP contribution in [0.25, 0.3) is 0 Å². The first-order valence-corrected chi connectivity index (χ1v) is 6.58. The summed E-state index contributed by atoms with van der Waals surface area (Å²) in [6.07, 6.45) is 0. The van der Waals surface area contributed by atoms with E-state index in [-0.39, 0.29) is 0 Å². The highest BCUT2D eigenvalue weighted by Gasteiger charge is 2.58. The van der Waals surface area contributed by atoms with Gasteiger partial charge in [-0.25, -0.2) is 0 Å². The molecule has 1 saturated carbocycles. The van der Waals surface area contributed by atoms with Crippen molar-refractivity contribution in [1.82, 2.24) is 9.78 Å². The van der Waals surface area contributed by atoms with E-state index in [0.29, 0.717) is 23.3 Å². The van der Waals surface area contributed by atoms with Gasteiger partial charge in [-0.2, -0.15) is 5.10 Å². The van der Waals surface area contributed by atoms with Crippen LogP contribution in [-0.2, 0) is 0 Å². The third-order valence-corrected chi connectivity index (χ3v) is 4.49. The molecule has 0 saturated heterocycles. The molecule has 1 aromatic heterocycles. The Kier molecular flexibility index (Phi) is 2.85. The van der Waals surface area contributed by atoms with Crippen LogP contribution in [0.4, 0.5) is 0 Å². The Hall–Kier alpha value is -0.830. The van der Waals surface area contributed by atoms with Crippen LogP contribution in [0.15, 0.2) is 0 Å². The minimum atomic E-state index is 0.342. The minimum absolute atomic E-state index is 0.342. The normalized spacial score (nSPS) is 26.6. The van der Waals surface area contributed by atoms with E-state index in [1.165, 1.54) is 17.0 Å². The molecule has 0 bridgehead atoms. The van der Waals surface area contributed by atoms with Crippen molar-refractivity contribution in [1.29, 1.82) is 0 Å². The summed E-state index contributed by atoms with van der Waals surface area (Å²) in [6.45, 7) is 14.1. The van der Waals surface area contributed by atoms with Crippen molar-refractivity contribution in [3.63, 3.8) is 0 Å². The number of nitrogens with zero attached hydrogens (tertiary/aromatic N) is 2. The van der Waals surface area contributed by atoms with E-state index in [1.54, 1.807) is 0 Å². The number of rotatable bonds is 3. The molecule has 0 amide bonds. The van der Waals surface area contributed by atoms with E-state index in [1.807, 2.05) is 0 Å². The summed E-state index contributed by atoms with van der Waals surface area (Å²) in [5.74, 6) is 1.21. The number of hydrogen-bond donors (Lipinski definition) is 1. The maximum atomic E-state index is 5.88. The van der Waals surface area contributed by atoms with E-state index in [4.69, 9.17) is 5.73 Å². The van der Waals surface area contributed by atoms with Gasteiger partial charge in [-0.1, -0.05) is 13.8 Å². The van der Waals surface area contributed by atoms with Gasteiger partial charge in [-0.3, -0.25) is 4.68 Å². The summed E-state index contributed by atoms with van der Waals surface area (Å²) >= 11 is 0. The molecular formula is C14H25N3. The fraction of sp³-hybridized carbons (Fsp3) is 0.786. The second-order valence-corrected chi connectivity index (χ2v) is 6.26. The Labute approximate surface area is 104 Å². The van der Waals surface area contributed by atoms with Crippen LogP contribution in [0.5, 0.6) is 0 Å². The molecular weight excluding hydrogens is 210 g/mol. The van der Waals surface area contributed by atoms with Gasteiger partial charge in [0.05, 0.1) is 5.69 Å². The Morgan fingerprint density at radius 3 is 2.29 bits per heavy atom. The molecule has 1 aromatic rings. The molecule has 2 N–H and O–H groups in total. The monoisotopic (exact) mass is 235 g/mol. The Bertz CT molecular complexity index is 429. The first-order valence-electron chi connectivity index (χ1n) is 6.58. The second-order valence-electron chi connectivity index (χ2n) is 6.26. The molecule has 96 valence electrons. The molecule has 2 atom stereocenters. The summed E-state index contributed by atoms with van der Waals surface area (Å²) in [5.41, 5.74) is 10.2. The zero-order valence-electron chi connectivity index (χ0n) is 11.9. The first kappa shape index (κ1) is 12.6. The third-order valence-electron chi connectivity index (χ3n) is 4.49. The highest BCUT2D eigenvalue weighted by atomic mass is 15.3. The highest BCUT2D eigenvalue weighted by Crippen LogP contribution is 2.64. The van der Waals surface area contributed by atoms with Crippen LogP contribution in [0.1, 0.15) is 56.6 Å². The van der Waals surface area contributed by atoms with Crippen molar-refractivity contribution in [2.75, 3.05) is 6.54 Å². The topological polar surface area (TPSA) is 43.8 Å². The lowest BCUT2D eigenvalue weighted by Gasteiger charge is -2.09. The van der Waals surface area contributed by atoms with Gasteiger partial charge in [0.25, 0.3) is 0 Å². The quantitative estimate of drug-likeness (QED) is 0.875. The second kappa shape index (κ2) is 3.84. The lowest BCUT2D eigenvalue weighted by molar-refractivity contribution is 0.515. The standard InChI is InChI=1S/C14H25N3/c1-8(2)17-10(4)12(9(3)16-17)13-11(7-15)14(13,5)6/h8,11,13H,7,15H2,1-6H3/t11-,13+/m0/s1. The van der Waals surface area contributed by atoms with Crippen molar-refractivity contribution < 1.29 is 0 Å². The van der Waals surface area contributed by atoms with Gasteiger partial charge < -0.3 is 5.73 Å². The van der Waals surface area contributed by atoms with Crippen molar-refractivity contribution in [3.05, 3.63) is 17.0 Å². The fourth-order valence-corrected chi connectivity index (χ4v) is 3.39. The van der Waals surface area contributed by atoms with Gasteiger partial charge in [-0.05, 0) is 57.1 Å². The lowest BCUT2D eigenvalue weighted by atomic mass is 10.0. The number of aryl methyl sites for hydroxylation is 1. The zero-order chi connectivity index (χ0) is 13.0. The molecule has 1 aliphatic rings. The minimum Gasteiger partial charge on any atom is -0.330 e. The largest absolute Gasteiger partial charge is 0.330 e. The smallest absolute Gasteiger partial charge is 0.0631 e. The number of aromatic nitrogens is 2. The Morgan fingerprint density at radius 2 is 1.94 bits per heavy atom. The van der Waals surface area contributed by atoms with Crippen LogP contribution < -0.4 is 5.73 Å².